The van der Waals surface area contributed by atoms with Gasteiger partial charge in [-0.25, -0.2) is 0 Å². The SMILES string of the molecule is Cc1ccc(-c2cc(CO)cc(C(=O)N[C@H](C)c3ccc(C)nc3)c2)c(N)c1. The van der Waals surface area contributed by atoms with Crippen molar-refractivity contribution in [1.29, 1.82) is 0 Å². The molecule has 3 rings (SSSR count). The lowest BCUT2D eigenvalue weighted by Crippen LogP contribution is -2.27. The number of aromatic nitrogens is 1. The van der Waals surface area contributed by atoms with Crippen molar-refractivity contribution >= 4 is 11.6 Å². The topological polar surface area (TPSA) is 88.2 Å². The highest BCUT2D eigenvalue weighted by molar-refractivity contribution is 5.96. The van der Waals surface area contributed by atoms with Crippen molar-refractivity contribution in [2.24, 2.45) is 0 Å². The minimum absolute atomic E-state index is 0.155. The molecule has 1 atom stereocenters. The fourth-order valence-corrected chi connectivity index (χ4v) is 3.11. The lowest BCUT2D eigenvalue weighted by molar-refractivity contribution is 0.0939. The number of amides is 1. The maximum Gasteiger partial charge on any atom is 0.251 e. The summed E-state index contributed by atoms with van der Waals surface area (Å²) >= 11 is 0. The van der Waals surface area contributed by atoms with E-state index in [0.29, 0.717) is 16.8 Å². The molecule has 0 bridgehead atoms. The van der Waals surface area contributed by atoms with Crippen LogP contribution in [-0.2, 0) is 6.61 Å². The predicted molar refractivity (Wildman–Crippen MR) is 112 cm³/mol. The number of rotatable bonds is 5. The molecule has 2 aromatic carbocycles. The highest BCUT2D eigenvalue weighted by Crippen LogP contribution is 2.29. The first-order valence-electron chi connectivity index (χ1n) is 9.22. The molecule has 1 amide bonds. The van der Waals surface area contributed by atoms with Crippen molar-refractivity contribution in [3.05, 3.63) is 82.7 Å². The summed E-state index contributed by atoms with van der Waals surface area (Å²) in [4.78, 5) is 17.1. The Hall–Kier alpha value is -3.18. The van der Waals surface area contributed by atoms with Gasteiger partial charge in [-0.05, 0) is 73.4 Å². The van der Waals surface area contributed by atoms with Crippen molar-refractivity contribution in [2.75, 3.05) is 5.73 Å². The second-order valence-corrected chi connectivity index (χ2v) is 7.10. The maximum absolute atomic E-state index is 12.8. The molecule has 0 spiro atoms. The van der Waals surface area contributed by atoms with Crippen molar-refractivity contribution in [1.82, 2.24) is 10.3 Å². The number of nitrogens with one attached hydrogen (secondary N) is 1. The number of anilines is 1. The molecule has 0 aliphatic heterocycles. The number of hydrogen-bond donors (Lipinski definition) is 3. The lowest BCUT2D eigenvalue weighted by atomic mass is 9.97. The lowest BCUT2D eigenvalue weighted by Gasteiger charge is -2.16. The fraction of sp³-hybridized carbons (Fsp3) is 0.217. The van der Waals surface area contributed by atoms with Gasteiger partial charge >= 0.3 is 0 Å². The van der Waals surface area contributed by atoms with E-state index in [4.69, 9.17) is 5.73 Å². The number of hydrogen-bond acceptors (Lipinski definition) is 4. The molecule has 4 N–H and O–H groups in total. The summed E-state index contributed by atoms with van der Waals surface area (Å²) in [7, 11) is 0. The van der Waals surface area contributed by atoms with Crippen LogP contribution >= 0.6 is 0 Å². The van der Waals surface area contributed by atoms with Gasteiger partial charge < -0.3 is 16.2 Å². The first kappa shape index (κ1) is 19.6. The molecule has 3 aromatic rings. The van der Waals surface area contributed by atoms with Crippen molar-refractivity contribution < 1.29 is 9.90 Å². The van der Waals surface area contributed by atoms with Crippen LogP contribution in [0.3, 0.4) is 0 Å². The molecule has 0 saturated heterocycles. The molecule has 144 valence electrons. The van der Waals surface area contributed by atoms with E-state index in [2.05, 4.69) is 10.3 Å². The molecule has 0 radical (unpaired) electrons. The molecule has 0 aliphatic rings. The number of carbonyl (C=O) groups is 1. The van der Waals surface area contributed by atoms with Crippen molar-refractivity contribution in [3.8, 4) is 11.1 Å². The van der Waals surface area contributed by atoms with Gasteiger partial charge in [0.25, 0.3) is 5.91 Å². The second-order valence-electron chi connectivity index (χ2n) is 7.10. The summed E-state index contributed by atoms with van der Waals surface area (Å²) in [5.41, 5.74) is 12.5. The van der Waals surface area contributed by atoms with E-state index in [1.807, 2.05) is 57.2 Å². The van der Waals surface area contributed by atoms with Gasteiger partial charge in [0.1, 0.15) is 0 Å². The van der Waals surface area contributed by atoms with E-state index < -0.39 is 0 Å². The summed E-state index contributed by atoms with van der Waals surface area (Å²) in [6.07, 6.45) is 1.77. The van der Waals surface area contributed by atoms with Crippen molar-refractivity contribution in [2.45, 2.75) is 33.4 Å². The number of nitrogens with two attached hydrogens (primary N) is 1. The van der Waals surface area contributed by atoms with Crippen molar-refractivity contribution in [3.63, 3.8) is 0 Å². The third kappa shape index (κ3) is 4.38. The largest absolute Gasteiger partial charge is 0.398 e. The zero-order chi connectivity index (χ0) is 20.3. The summed E-state index contributed by atoms with van der Waals surface area (Å²) in [6, 6.07) is 14.8. The third-order valence-electron chi connectivity index (χ3n) is 4.74. The summed E-state index contributed by atoms with van der Waals surface area (Å²) in [5, 5.41) is 12.6. The Morgan fingerprint density at radius 3 is 2.57 bits per heavy atom. The molecule has 5 heteroatoms. The van der Waals surface area contributed by atoms with Crippen LogP contribution in [0.1, 0.15) is 45.7 Å². The van der Waals surface area contributed by atoms with Gasteiger partial charge in [0, 0.05) is 28.7 Å². The molecule has 0 saturated carbocycles. The number of benzene rings is 2. The fourth-order valence-electron chi connectivity index (χ4n) is 3.11. The van der Waals surface area contributed by atoms with Gasteiger partial charge in [-0.1, -0.05) is 18.2 Å². The molecule has 0 fully saturated rings. The van der Waals surface area contributed by atoms with E-state index in [9.17, 15) is 9.90 Å². The molecule has 0 unspecified atom stereocenters. The van der Waals surface area contributed by atoms with Crippen LogP contribution < -0.4 is 11.1 Å². The van der Waals surface area contributed by atoms with Crippen LogP contribution in [0.25, 0.3) is 11.1 Å². The van der Waals surface area contributed by atoms with E-state index in [1.54, 1.807) is 18.3 Å². The Balaban J connectivity index is 1.90. The van der Waals surface area contributed by atoms with Gasteiger partial charge in [0.05, 0.1) is 12.6 Å². The number of aliphatic hydroxyl groups excluding tert-OH is 1. The van der Waals surface area contributed by atoms with Crippen LogP contribution in [0, 0.1) is 13.8 Å². The van der Waals surface area contributed by atoms with Crippen LogP contribution in [-0.4, -0.2) is 16.0 Å². The molecule has 1 heterocycles. The van der Waals surface area contributed by atoms with Crippen LogP contribution in [0.2, 0.25) is 0 Å². The number of aliphatic hydroxyl groups is 1. The predicted octanol–water partition coefficient (Wildman–Crippen LogP) is 3.93. The van der Waals surface area contributed by atoms with Crippen LogP contribution in [0.5, 0.6) is 0 Å². The third-order valence-corrected chi connectivity index (χ3v) is 4.74. The number of nitrogen functional groups attached to an aromatic ring is 1. The average molecular weight is 375 g/mol. The Kier molecular flexibility index (Phi) is 5.76. The molecule has 1 aromatic heterocycles. The van der Waals surface area contributed by atoms with Crippen LogP contribution in [0.15, 0.2) is 54.7 Å². The Morgan fingerprint density at radius 2 is 1.93 bits per heavy atom. The maximum atomic E-state index is 12.8. The minimum Gasteiger partial charge on any atom is -0.398 e. The Bertz CT molecular complexity index is 997. The summed E-state index contributed by atoms with van der Waals surface area (Å²) in [5.74, 6) is -0.213. The second kappa shape index (κ2) is 8.23. The van der Waals surface area contributed by atoms with E-state index in [1.165, 1.54) is 0 Å². The van der Waals surface area contributed by atoms with Gasteiger partial charge in [0.2, 0.25) is 0 Å². The number of carbonyl (C=O) groups excluding carboxylic acids is 1. The normalized spacial score (nSPS) is 11.9. The zero-order valence-corrected chi connectivity index (χ0v) is 16.4. The molecule has 5 nitrogen and oxygen atoms in total. The summed E-state index contributed by atoms with van der Waals surface area (Å²) < 4.78 is 0. The Morgan fingerprint density at radius 1 is 1.14 bits per heavy atom. The first-order valence-corrected chi connectivity index (χ1v) is 9.22. The van der Waals surface area contributed by atoms with Crippen LogP contribution in [0.4, 0.5) is 5.69 Å². The van der Waals surface area contributed by atoms with Gasteiger partial charge in [-0.3, -0.25) is 9.78 Å². The minimum atomic E-state index is -0.213. The van der Waals surface area contributed by atoms with Gasteiger partial charge in [-0.15, -0.1) is 0 Å². The Labute approximate surface area is 165 Å². The standard InChI is InChI=1S/C23H25N3O2/c1-14-4-7-21(22(24)8-14)19-9-17(13-27)10-20(11-19)23(28)26-16(3)18-6-5-15(2)25-12-18/h4-12,16,27H,13,24H2,1-3H3,(H,26,28)/t16-/m1/s1. The molecular formula is C23H25N3O2. The highest BCUT2D eigenvalue weighted by atomic mass is 16.3. The van der Waals surface area contributed by atoms with E-state index in [0.717, 1.165) is 27.9 Å². The number of aryl methyl sites for hydroxylation is 2. The van der Waals surface area contributed by atoms with E-state index >= 15 is 0 Å². The smallest absolute Gasteiger partial charge is 0.251 e. The number of nitrogens with zero attached hydrogens (tertiary/aromatic N) is 1. The van der Waals surface area contributed by atoms with E-state index in [-0.39, 0.29) is 18.6 Å². The molecule has 28 heavy (non-hydrogen) atoms. The monoisotopic (exact) mass is 375 g/mol. The number of pyridine rings is 1. The van der Waals surface area contributed by atoms with Gasteiger partial charge in [0.15, 0.2) is 0 Å². The van der Waals surface area contributed by atoms with Gasteiger partial charge in [-0.2, -0.15) is 0 Å². The zero-order valence-electron chi connectivity index (χ0n) is 16.4. The molecule has 0 aliphatic carbocycles. The highest BCUT2D eigenvalue weighted by Gasteiger charge is 2.15. The first-order chi connectivity index (χ1) is 13.4. The summed E-state index contributed by atoms with van der Waals surface area (Å²) in [6.45, 7) is 5.66. The molecular weight excluding hydrogens is 350 g/mol. The average Bonchev–Trinajstić information content (AvgIpc) is 2.68. The quantitative estimate of drug-likeness (QED) is 0.590.